The van der Waals surface area contributed by atoms with E-state index in [1.807, 2.05) is 24.3 Å². The fourth-order valence-electron chi connectivity index (χ4n) is 2.98. The van der Waals surface area contributed by atoms with Crippen LogP contribution in [0.25, 0.3) is 0 Å². The standard InChI is InChI=1S/C19H21NO4/c1-13-17-11-15(19(21)22)5-8-18(17)24-10-9-20(13)12-14-3-6-16(23-2)7-4-14/h3-8,11,13H,9-10,12H2,1-2H3,(H,21,22)/t13-/m1/s1. The quantitative estimate of drug-likeness (QED) is 0.933. The van der Waals surface area contributed by atoms with Crippen LogP contribution < -0.4 is 9.47 Å². The summed E-state index contributed by atoms with van der Waals surface area (Å²) in [6.07, 6.45) is 0. The third-order valence-electron chi connectivity index (χ3n) is 4.44. The van der Waals surface area contributed by atoms with Crippen molar-refractivity contribution >= 4 is 5.97 Å². The summed E-state index contributed by atoms with van der Waals surface area (Å²) in [5.41, 5.74) is 2.39. The zero-order valence-electron chi connectivity index (χ0n) is 13.9. The van der Waals surface area contributed by atoms with Crippen molar-refractivity contribution in [1.29, 1.82) is 0 Å². The van der Waals surface area contributed by atoms with E-state index in [1.54, 1.807) is 25.3 Å². The van der Waals surface area contributed by atoms with Crippen molar-refractivity contribution < 1.29 is 19.4 Å². The maximum absolute atomic E-state index is 11.2. The average molecular weight is 327 g/mol. The highest BCUT2D eigenvalue weighted by Gasteiger charge is 2.24. The molecular formula is C19H21NO4. The minimum Gasteiger partial charge on any atom is -0.497 e. The van der Waals surface area contributed by atoms with Crippen LogP contribution in [-0.4, -0.2) is 36.2 Å². The molecule has 1 heterocycles. The molecule has 126 valence electrons. The van der Waals surface area contributed by atoms with Gasteiger partial charge in [0, 0.05) is 24.7 Å². The lowest BCUT2D eigenvalue weighted by Gasteiger charge is -2.27. The molecule has 0 aliphatic carbocycles. The Balaban J connectivity index is 1.84. The number of nitrogens with zero attached hydrogens (tertiary/aromatic N) is 1. The lowest BCUT2D eigenvalue weighted by atomic mass is 10.0. The third-order valence-corrected chi connectivity index (χ3v) is 4.44. The molecule has 5 heteroatoms. The maximum Gasteiger partial charge on any atom is 0.335 e. The molecule has 0 amide bonds. The highest BCUT2D eigenvalue weighted by Crippen LogP contribution is 2.33. The van der Waals surface area contributed by atoms with Gasteiger partial charge in [-0.15, -0.1) is 0 Å². The molecular weight excluding hydrogens is 306 g/mol. The number of hydrogen-bond acceptors (Lipinski definition) is 4. The fourth-order valence-corrected chi connectivity index (χ4v) is 2.98. The molecule has 0 aromatic heterocycles. The smallest absolute Gasteiger partial charge is 0.335 e. The summed E-state index contributed by atoms with van der Waals surface area (Å²) in [7, 11) is 1.65. The SMILES string of the molecule is COc1ccc(CN2CCOc3ccc(C(=O)O)cc3[C@H]2C)cc1. The number of methoxy groups -OCH3 is 1. The summed E-state index contributed by atoms with van der Waals surface area (Å²) in [5, 5.41) is 9.23. The van der Waals surface area contributed by atoms with Crippen LogP contribution in [0, 0.1) is 0 Å². The number of aromatic carboxylic acids is 1. The van der Waals surface area contributed by atoms with Gasteiger partial charge in [0.1, 0.15) is 18.1 Å². The molecule has 1 atom stereocenters. The average Bonchev–Trinajstić information content (AvgIpc) is 2.75. The number of hydrogen-bond donors (Lipinski definition) is 1. The van der Waals surface area contributed by atoms with Crippen LogP contribution in [0.5, 0.6) is 11.5 Å². The Bertz CT molecular complexity index is 727. The van der Waals surface area contributed by atoms with Crippen molar-refractivity contribution in [3.05, 3.63) is 59.2 Å². The second-order valence-electron chi connectivity index (χ2n) is 5.90. The van der Waals surface area contributed by atoms with Crippen molar-refractivity contribution in [2.45, 2.75) is 19.5 Å². The van der Waals surface area contributed by atoms with Gasteiger partial charge in [-0.05, 0) is 42.8 Å². The molecule has 0 saturated heterocycles. The van der Waals surface area contributed by atoms with Crippen molar-refractivity contribution in [3.63, 3.8) is 0 Å². The van der Waals surface area contributed by atoms with Crippen molar-refractivity contribution in [2.75, 3.05) is 20.3 Å². The number of carboxylic acid groups (broad SMARTS) is 1. The van der Waals surface area contributed by atoms with Gasteiger partial charge >= 0.3 is 5.97 Å². The van der Waals surface area contributed by atoms with Gasteiger partial charge in [-0.2, -0.15) is 0 Å². The molecule has 2 aromatic carbocycles. The van der Waals surface area contributed by atoms with Crippen LogP contribution in [0.2, 0.25) is 0 Å². The molecule has 1 aliphatic rings. The molecule has 5 nitrogen and oxygen atoms in total. The van der Waals surface area contributed by atoms with Gasteiger partial charge in [0.25, 0.3) is 0 Å². The van der Waals surface area contributed by atoms with E-state index in [1.165, 1.54) is 5.56 Å². The van der Waals surface area contributed by atoms with E-state index in [9.17, 15) is 9.90 Å². The zero-order chi connectivity index (χ0) is 17.1. The van der Waals surface area contributed by atoms with E-state index in [2.05, 4.69) is 11.8 Å². The van der Waals surface area contributed by atoms with Gasteiger partial charge in [0.2, 0.25) is 0 Å². The molecule has 0 bridgehead atoms. The number of fused-ring (bicyclic) bond motifs is 1. The van der Waals surface area contributed by atoms with Crippen LogP contribution in [0.4, 0.5) is 0 Å². The van der Waals surface area contributed by atoms with Crippen LogP contribution in [0.15, 0.2) is 42.5 Å². The van der Waals surface area contributed by atoms with Crippen molar-refractivity contribution in [1.82, 2.24) is 4.90 Å². The van der Waals surface area contributed by atoms with Gasteiger partial charge in [-0.1, -0.05) is 12.1 Å². The lowest BCUT2D eigenvalue weighted by Crippen LogP contribution is -2.28. The van der Waals surface area contributed by atoms with Gasteiger partial charge in [0.15, 0.2) is 0 Å². The van der Waals surface area contributed by atoms with Crippen LogP contribution in [0.1, 0.15) is 34.5 Å². The van der Waals surface area contributed by atoms with Crippen molar-refractivity contribution in [3.8, 4) is 11.5 Å². The summed E-state index contributed by atoms with van der Waals surface area (Å²) < 4.78 is 11.0. The van der Waals surface area contributed by atoms with E-state index in [0.717, 1.165) is 30.2 Å². The van der Waals surface area contributed by atoms with E-state index in [4.69, 9.17) is 9.47 Å². The summed E-state index contributed by atoms with van der Waals surface area (Å²) in [4.78, 5) is 13.5. The lowest BCUT2D eigenvalue weighted by molar-refractivity contribution is 0.0696. The predicted molar refractivity (Wildman–Crippen MR) is 90.7 cm³/mol. The van der Waals surface area contributed by atoms with Crippen LogP contribution in [-0.2, 0) is 6.54 Å². The largest absolute Gasteiger partial charge is 0.497 e. The molecule has 24 heavy (non-hydrogen) atoms. The monoisotopic (exact) mass is 327 g/mol. The summed E-state index contributed by atoms with van der Waals surface area (Å²) >= 11 is 0. The molecule has 0 fully saturated rings. The minimum atomic E-state index is -0.920. The first-order valence-electron chi connectivity index (χ1n) is 7.95. The van der Waals surface area contributed by atoms with Gasteiger partial charge in [0.05, 0.1) is 12.7 Å². The maximum atomic E-state index is 11.2. The molecule has 2 aromatic rings. The first-order chi connectivity index (χ1) is 11.6. The molecule has 3 rings (SSSR count). The van der Waals surface area contributed by atoms with E-state index in [-0.39, 0.29) is 11.6 Å². The summed E-state index contributed by atoms with van der Waals surface area (Å²) in [6.45, 7) is 4.22. The number of carbonyl (C=O) groups is 1. The predicted octanol–water partition coefficient (Wildman–Crippen LogP) is 3.35. The summed E-state index contributed by atoms with van der Waals surface area (Å²) in [5.74, 6) is 0.683. The number of ether oxygens (including phenoxy) is 2. The Labute approximate surface area is 141 Å². The topological polar surface area (TPSA) is 59.0 Å². The first kappa shape index (κ1) is 16.3. The van der Waals surface area contributed by atoms with E-state index in [0.29, 0.717) is 6.61 Å². The summed E-state index contributed by atoms with van der Waals surface area (Å²) in [6, 6.07) is 13.1. The third kappa shape index (κ3) is 3.36. The number of carboxylic acids is 1. The molecule has 1 N–H and O–H groups in total. The molecule has 0 unspecified atom stereocenters. The Kier molecular flexibility index (Phi) is 4.71. The van der Waals surface area contributed by atoms with Gasteiger partial charge in [-0.3, -0.25) is 4.90 Å². The van der Waals surface area contributed by atoms with Crippen LogP contribution >= 0.6 is 0 Å². The molecule has 1 aliphatic heterocycles. The van der Waals surface area contributed by atoms with Crippen molar-refractivity contribution in [2.24, 2.45) is 0 Å². The second kappa shape index (κ2) is 6.93. The molecule has 0 saturated carbocycles. The number of rotatable bonds is 4. The van der Waals surface area contributed by atoms with E-state index < -0.39 is 5.97 Å². The Morgan fingerprint density at radius 1 is 1.29 bits per heavy atom. The van der Waals surface area contributed by atoms with E-state index >= 15 is 0 Å². The Morgan fingerprint density at radius 2 is 2.04 bits per heavy atom. The Hall–Kier alpha value is -2.53. The highest BCUT2D eigenvalue weighted by molar-refractivity contribution is 5.88. The zero-order valence-corrected chi connectivity index (χ0v) is 13.9. The second-order valence-corrected chi connectivity index (χ2v) is 5.90. The Morgan fingerprint density at radius 3 is 2.71 bits per heavy atom. The molecule has 0 radical (unpaired) electrons. The first-order valence-corrected chi connectivity index (χ1v) is 7.95. The fraction of sp³-hybridized carbons (Fsp3) is 0.316. The molecule has 0 spiro atoms. The van der Waals surface area contributed by atoms with Crippen LogP contribution in [0.3, 0.4) is 0 Å². The van der Waals surface area contributed by atoms with Gasteiger partial charge in [-0.25, -0.2) is 4.79 Å². The highest BCUT2D eigenvalue weighted by atomic mass is 16.5. The van der Waals surface area contributed by atoms with Gasteiger partial charge < -0.3 is 14.6 Å². The normalized spacial score (nSPS) is 17.5. The number of benzene rings is 2. The minimum absolute atomic E-state index is 0.0731.